The maximum absolute atomic E-state index is 11.7. The second-order valence-corrected chi connectivity index (χ2v) is 13.1. The summed E-state index contributed by atoms with van der Waals surface area (Å²) in [5.74, 6) is 0. The molecule has 37 heavy (non-hydrogen) atoms. The largest absolute Gasteiger partial charge is 0.756 e. The fraction of sp³-hybridized carbons (Fsp3) is 1.00. The van der Waals surface area contributed by atoms with Gasteiger partial charge in [0.1, 0.15) is 19.3 Å². The summed E-state index contributed by atoms with van der Waals surface area (Å²) in [5.41, 5.74) is 0. The number of likely N-dealkylation sites (N-methyl/N-ethyl adjacent to an activating group) is 1. The minimum absolute atomic E-state index is 0.0519. The zero-order chi connectivity index (χ0) is 27.7. The van der Waals surface area contributed by atoms with Gasteiger partial charge >= 0.3 is 0 Å². The van der Waals surface area contributed by atoms with E-state index in [0.29, 0.717) is 17.6 Å². The molecule has 0 rings (SSSR count). The Kier molecular flexibility index (Phi) is 25.0. The summed E-state index contributed by atoms with van der Waals surface area (Å²) >= 11 is 0. The van der Waals surface area contributed by atoms with Gasteiger partial charge in [-0.25, -0.2) is 0 Å². The van der Waals surface area contributed by atoms with E-state index in [1.807, 2.05) is 21.1 Å². The van der Waals surface area contributed by atoms with Crippen LogP contribution in [-0.2, 0) is 18.3 Å². The molecule has 0 amide bonds. The van der Waals surface area contributed by atoms with Crippen LogP contribution in [0.25, 0.3) is 0 Å². The SMILES string of the molecule is CCCCCCCCCCCCCCCCCCCCCOCC(O)COP(=O)([O-])OCC[N+](C)(C)C. The fourth-order valence-electron chi connectivity index (χ4n) is 4.19. The van der Waals surface area contributed by atoms with E-state index in [9.17, 15) is 14.6 Å². The maximum Gasteiger partial charge on any atom is 0.268 e. The highest BCUT2D eigenvalue weighted by Gasteiger charge is 2.15. The molecule has 0 spiro atoms. The Hall–Kier alpha value is -0.0100. The first-order valence-corrected chi connectivity index (χ1v) is 16.8. The van der Waals surface area contributed by atoms with Crippen molar-refractivity contribution in [2.75, 3.05) is 54.1 Å². The molecule has 0 fully saturated rings. The molecule has 8 heteroatoms. The van der Waals surface area contributed by atoms with Crippen LogP contribution in [0.4, 0.5) is 0 Å². The minimum atomic E-state index is -4.39. The zero-order valence-electron chi connectivity index (χ0n) is 24.9. The number of hydrogen-bond acceptors (Lipinski definition) is 6. The van der Waals surface area contributed by atoms with E-state index in [-0.39, 0.29) is 19.8 Å². The number of quaternary nitrogens is 1. The van der Waals surface area contributed by atoms with Gasteiger partial charge in [-0.3, -0.25) is 4.57 Å². The molecule has 0 aromatic rings. The number of rotatable bonds is 29. The predicted octanol–water partition coefficient (Wildman–Crippen LogP) is 7.00. The van der Waals surface area contributed by atoms with Crippen LogP contribution in [0, 0.1) is 0 Å². The first-order valence-electron chi connectivity index (χ1n) is 15.3. The van der Waals surface area contributed by atoms with Crippen molar-refractivity contribution in [1.82, 2.24) is 0 Å². The molecule has 0 aliphatic carbocycles. The number of phosphoric ester groups is 1. The van der Waals surface area contributed by atoms with Gasteiger partial charge in [0.05, 0.1) is 34.4 Å². The molecule has 0 saturated carbocycles. The molecule has 0 aromatic heterocycles. The summed E-state index contributed by atoms with van der Waals surface area (Å²) in [4.78, 5) is 11.7. The number of unbranched alkanes of at least 4 members (excludes halogenated alkanes) is 18. The summed E-state index contributed by atoms with van der Waals surface area (Å²) in [6.07, 6.45) is 24.6. The molecule has 1 N–H and O–H groups in total. The third-order valence-electron chi connectivity index (χ3n) is 6.64. The number of phosphoric acid groups is 1. The highest BCUT2D eigenvalue weighted by Crippen LogP contribution is 2.38. The Bertz CT molecular complexity index is 529. The van der Waals surface area contributed by atoms with Crippen LogP contribution in [0.2, 0.25) is 0 Å². The van der Waals surface area contributed by atoms with Gasteiger partial charge in [0, 0.05) is 6.61 Å². The van der Waals surface area contributed by atoms with Gasteiger partial charge in [-0.15, -0.1) is 0 Å². The Morgan fingerprint density at radius 2 is 1.05 bits per heavy atom. The van der Waals surface area contributed by atoms with Crippen LogP contribution in [-0.4, -0.2) is 69.8 Å². The normalized spacial score (nSPS) is 14.6. The molecule has 224 valence electrons. The second-order valence-electron chi connectivity index (χ2n) is 11.7. The lowest BCUT2D eigenvalue weighted by Crippen LogP contribution is -2.37. The highest BCUT2D eigenvalue weighted by atomic mass is 31.2. The van der Waals surface area contributed by atoms with Crippen molar-refractivity contribution in [2.45, 2.75) is 135 Å². The first kappa shape index (κ1) is 37.0. The summed E-state index contributed by atoms with van der Waals surface area (Å²) in [6, 6.07) is 0. The van der Waals surface area contributed by atoms with Crippen molar-refractivity contribution >= 4 is 7.82 Å². The van der Waals surface area contributed by atoms with Crippen LogP contribution >= 0.6 is 7.82 Å². The molecule has 2 unspecified atom stereocenters. The lowest BCUT2D eigenvalue weighted by atomic mass is 10.0. The Morgan fingerprint density at radius 3 is 1.46 bits per heavy atom. The molecule has 7 nitrogen and oxygen atoms in total. The van der Waals surface area contributed by atoms with Crippen LogP contribution in [0.1, 0.15) is 129 Å². The molecular formula is C29H62NO6P. The number of nitrogens with zero attached hydrogens (tertiary/aromatic N) is 1. The number of ether oxygens (including phenoxy) is 1. The average Bonchev–Trinajstić information content (AvgIpc) is 2.83. The van der Waals surface area contributed by atoms with Crippen LogP contribution in [0.5, 0.6) is 0 Å². The third kappa shape index (κ3) is 30.4. The van der Waals surface area contributed by atoms with Gasteiger partial charge in [-0.1, -0.05) is 122 Å². The number of hydrogen-bond donors (Lipinski definition) is 1. The standard InChI is InChI=1S/C29H62NO6P/c1-5-6-7-8-9-10-11-12-13-14-15-16-17-18-19-20-21-22-23-25-34-27-29(31)28-36-37(32,33)35-26-24-30(2,3)4/h29,31H,5-28H2,1-4H3. The molecule has 2 atom stereocenters. The second kappa shape index (κ2) is 25.0. The summed E-state index contributed by atoms with van der Waals surface area (Å²) in [7, 11) is 1.45. The lowest BCUT2D eigenvalue weighted by molar-refractivity contribution is -0.870. The maximum atomic E-state index is 11.7. The van der Waals surface area contributed by atoms with Crippen molar-refractivity contribution in [3.05, 3.63) is 0 Å². The van der Waals surface area contributed by atoms with Gasteiger partial charge in [0.15, 0.2) is 0 Å². The smallest absolute Gasteiger partial charge is 0.268 e. The van der Waals surface area contributed by atoms with Crippen molar-refractivity contribution in [2.24, 2.45) is 0 Å². The van der Waals surface area contributed by atoms with E-state index < -0.39 is 13.9 Å². The first-order chi connectivity index (χ1) is 17.7. The fourth-order valence-corrected chi connectivity index (χ4v) is 4.93. The highest BCUT2D eigenvalue weighted by molar-refractivity contribution is 7.45. The molecule has 0 saturated heterocycles. The van der Waals surface area contributed by atoms with Crippen LogP contribution < -0.4 is 4.89 Å². The van der Waals surface area contributed by atoms with E-state index >= 15 is 0 Å². The number of aliphatic hydroxyl groups excluding tert-OH is 1. The topological polar surface area (TPSA) is 88.0 Å². The van der Waals surface area contributed by atoms with Crippen molar-refractivity contribution < 1.29 is 32.8 Å². The Morgan fingerprint density at radius 1 is 0.649 bits per heavy atom. The quantitative estimate of drug-likeness (QED) is 0.0611. The summed E-state index contributed by atoms with van der Waals surface area (Å²) in [5, 5.41) is 9.86. The molecule has 0 radical (unpaired) electrons. The van der Waals surface area contributed by atoms with E-state index in [4.69, 9.17) is 13.8 Å². The van der Waals surface area contributed by atoms with E-state index in [1.54, 1.807) is 0 Å². The molecule has 0 aliphatic rings. The third-order valence-corrected chi connectivity index (χ3v) is 7.60. The molecule has 0 aromatic carbocycles. The van der Waals surface area contributed by atoms with Gasteiger partial charge in [-0.2, -0.15) is 0 Å². The van der Waals surface area contributed by atoms with Gasteiger partial charge < -0.3 is 28.3 Å². The van der Waals surface area contributed by atoms with Gasteiger partial charge in [-0.05, 0) is 6.42 Å². The molecule has 0 aliphatic heterocycles. The van der Waals surface area contributed by atoms with E-state index in [0.717, 1.165) is 12.8 Å². The summed E-state index contributed by atoms with van der Waals surface area (Å²) in [6.45, 7) is 3.17. The minimum Gasteiger partial charge on any atom is -0.756 e. The van der Waals surface area contributed by atoms with Crippen molar-refractivity contribution in [1.29, 1.82) is 0 Å². The Labute approximate surface area is 229 Å². The van der Waals surface area contributed by atoms with E-state index in [2.05, 4.69) is 6.92 Å². The van der Waals surface area contributed by atoms with Crippen molar-refractivity contribution in [3.8, 4) is 0 Å². The summed E-state index contributed by atoms with van der Waals surface area (Å²) < 4.78 is 27.3. The Balaban J connectivity index is 3.32. The van der Waals surface area contributed by atoms with Gasteiger partial charge in [0.25, 0.3) is 7.82 Å². The monoisotopic (exact) mass is 551 g/mol. The zero-order valence-corrected chi connectivity index (χ0v) is 25.8. The van der Waals surface area contributed by atoms with E-state index in [1.165, 1.54) is 109 Å². The van der Waals surface area contributed by atoms with Gasteiger partial charge in [0.2, 0.25) is 0 Å². The molecular weight excluding hydrogens is 489 g/mol. The average molecular weight is 552 g/mol. The predicted molar refractivity (Wildman–Crippen MR) is 153 cm³/mol. The van der Waals surface area contributed by atoms with Crippen molar-refractivity contribution in [3.63, 3.8) is 0 Å². The van der Waals surface area contributed by atoms with Crippen LogP contribution in [0.15, 0.2) is 0 Å². The van der Waals surface area contributed by atoms with Crippen LogP contribution in [0.3, 0.4) is 0 Å². The lowest BCUT2D eigenvalue weighted by Gasteiger charge is -2.27. The molecule has 0 bridgehead atoms. The number of aliphatic hydroxyl groups is 1. The molecule has 0 heterocycles.